The SMILES string of the molecule is CC(CO)CNC(=O)c1cc[nH]c(=O)c1. The minimum absolute atomic E-state index is 0.0101. The molecular formula is C10H14N2O3. The van der Waals surface area contributed by atoms with E-state index in [-0.39, 0.29) is 24.0 Å². The highest BCUT2D eigenvalue weighted by Crippen LogP contribution is 1.94. The Morgan fingerprint density at radius 3 is 3.00 bits per heavy atom. The number of hydrogen-bond donors (Lipinski definition) is 3. The van der Waals surface area contributed by atoms with Gasteiger partial charge in [-0.25, -0.2) is 0 Å². The first kappa shape index (κ1) is 11.5. The molecule has 0 aliphatic rings. The van der Waals surface area contributed by atoms with E-state index in [1.165, 1.54) is 18.3 Å². The molecule has 0 saturated heterocycles. The quantitative estimate of drug-likeness (QED) is 0.640. The highest BCUT2D eigenvalue weighted by molar-refractivity contribution is 5.93. The van der Waals surface area contributed by atoms with Crippen LogP contribution in [0.2, 0.25) is 0 Å². The number of nitrogens with one attached hydrogen (secondary N) is 2. The van der Waals surface area contributed by atoms with Gasteiger partial charge in [-0.1, -0.05) is 6.92 Å². The molecule has 1 unspecified atom stereocenters. The third-order valence-corrected chi connectivity index (χ3v) is 1.96. The molecule has 0 fully saturated rings. The van der Waals surface area contributed by atoms with Crippen molar-refractivity contribution in [2.75, 3.05) is 13.2 Å². The zero-order valence-electron chi connectivity index (χ0n) is 8.49. The molecule has 0 saturated carbocycles. The maximum absolute atomic E-state index is 11.5. The Morgan fingerprint density at radius 2 is 2.40 bits per heavy atom. The molecule has 1 aromatic heterocycles. The van der Waals surface area contributed by atoms with E-state index in [9.17, 15) is 9.59 Å². The van der Waals surface area contributed by atoms with E-state index >= 15 is 0 Å². The minimum Gasteiger partial charge on any atom is -0.396 e. The average Bonchev–Trinajstić information content (AvgIpc) is 2.25. The first-order valence-electron chi connectivity index (χ1n) is 4.71. The number of amides is 1. The third-order valence-electron chi connectivity index (χ3n) is 1.96. The summed E-state index contributed by atoms with van der Waals surface area (Å²) in [6.07, 6.45) is 1.42. The predicted octanol–water partition coefficient (Wildman–Crippen LogP) is -0.267. The Kier molecular flexibility index (Phi) is 4.05. The first-order valence-corrected chi connectivity index (χ1v) is 4.71. The molecule has 82 valence electrons. The van der Waals surface area contributed by atoms with E-state index in [1.54, 1.807) is 0 Å². The molecule has 1 rings (SSSR count). The lowest BCUT2D eigenvalue weighted by molar-refractivity contribution is 0.0942. The van der Waals surface area contributed by atoms with Crippen LogP contribution >= 0.6 is 0 Å². The van der Waals surface area contributed by atoms with Gasteiger partial charge in [0, 0.05) is 31.0 Å². The van der Waals surface area contributed by atoms with Crippen molar-refractivity contribution in [1.29, 1.82) is 0 Å². The van der Waals surface area contributed by atoms with Crippen LogP contribution in [0.3, 0.4) is 0 Å². The molecule has 0 radical (unpaired) electrons. The van der Waals surface area contributed by atoms with Crippen molar-refractivity contribution in [2.45, 2.75) is 6.92 Å². The summed E-state index contributed by atoms with van der Waals surface area (Å²) in [5, 5.41) is 11.4. The van der Waals surface area contributed by atoms with Crippen LogP contribution in [0.15, 0.2) is 23.1 Å². The molecule has 0 aliphatic carbocycles. The largest absolute Gasteiger partial charge is 0.396 e. The van der Waals surface area contributed by atoms with E-state index in [0.717, 1.165) is 0 Å². The van der Waals surface area contributed by atoms with Crippen molar-refractivity contribution < 1.29 is 9.90 Å². The van der Waals surface area contributed by atoms with Crippen molar-refractivity contribution in [3.63, 3.8) is 0 Å². The fraction of sp³-hybridized carbons (Fsp3) is 0.400. The van der Waals surface area contributed by atoms with Crippen LogP contribution in [0, 0.1) is 5.92 Å². The molecule has 1 atom stereocenters. The number of carbonyl (C=O) groups is 1. The second-order valence-corrected chi connectivity index (χ2v) is 3.44. The van der Waals surface area contributed by atoms with Crippen LogP contribution in [-0.2, 0) is 0 Å². The number of aliphatic hydroxyl groups excluding tert-OH is 1. The van der Waals surface area contributed by atoms with Crippen LogP contribution in [0.5, 0.6) is 0 Å². The number of H-pyrrole nitrogens is 1. The van der Waals surface area contributed by atoms with Crippen LogP contribution < -0.4 is 10.9 Å². The fourth-order valence-electron chi connectivity index (χ4n) is 1.02. The van der Waals surface area contributed by atoms with Gasteiger partial charge in [-0.05, 0) is 12.0 Å². The summed E-state index contributed by atoms with van der Waals surface area (Å²) in [5.41, 5.74) is 0.0155. The maximum Gasteiger partial charge on any atom is 0.251 e. The molecule has 0 bridgehead atoms. The van der Waals surface area contributed by atoms with Gasteiger partial charge in [-0.15, -0.1) is 0 Å². The lowest BCUT2D eigenvalue weighted by atomic mass is 10.2. The van der Waals surface area contributed by atoms with Gasteiger partial charge in [0.05, 0.1) is 0 Å². The third kappa shape index (κ3) is 3.55. The molecule has 1 amide bonds. The molecule has 1 aromatic rings. The summed E-state index contributed by atoms with van der Waals surface area (Å²) in [6.45, 7) is 2.23. The highest BCUT2D eigenvalue weighted by atomic mass is 16.3. The Labute approximate surface area is 87.1 Å². The topological polar surface area (TPSA) is 82.2 Å². The smallest absolute Gasteiger partial charge is 0.251 e. The molecule has 0 aromatic carbocycles. The molecule has 1 heterocycles. The Bertz CT molecular complexity index is 386. The number of rotatable bonds is 4. The van der Waals surface area contributed by atoms with Crippen molar-refractivity contribution >= 4 is 5.91 Å². The Hall–Kier alpha value is -1.62. The summed E-state index contributed by atoms with van der Waals surface area (Å²) in [5.74, 6) is -0.294. The summed E-state index contributed by atoms with van der Waals surface area (Å²) < 4.78 is 0. The summed E-state index contributed by atoms with van der Waals surface area (Å²) >= 11 is 0. The molecule has 15 heavy (non-hydrogen) atoms. The summed E-state index contributed by atoms with van der Waals surface area (Å²) in [6, 6.07) is 2.76. The normalized spacial score (nSPS) is 12.1. The van der Waals surface area contributed by atoms with Gasteiger partial charge >= 0.3 is 0 Å². The zero-order valence-corrected chi connectivity index (χ0v) is 8.49. The van der Waals surface area contributed by atoms with Crippen molar-refractivity contribution in [2.24, 2.45) is 5.92 Å². The van der Waals surface area contributed by atoms with Crippen molar-refractivity contribution in [3.05, 3.63) is 34.2 Å². The number of hydrogen-bond acceptors (Lipinski definition) is 3. The molecule has 0 aliphatic heterocycles. The van der Waals surface area contributed by atoms with Gasteiger partial charge in [0.25, 0.3) is 5.91 Å². The molecule has 3 N–H and O–H groups in total. The second kappa shape index (κ2) is 5.31. The number of aliphatic hydroxyl groups is 1. The summed E-state index contributed by atoms with van der Waals surface area (Å²) in [4.78, 5) is 24.8. The van der Waals surface area contributed by atoms with Crippen LogP contribution in [0.4, 0.5) is 0 Å². The standard InChI is InChI=1S/C10H14N2O3/c1-7(6-13)5-12-10(15)8-2-3-11-9(14)4-8/h2-4,7,13H,5-6H2,1H3,(H,11,14)(H,12,15). The number of aromatic amines is 1. The molecular weight excluding hydrogens is 196 g/mol. The lowest BCUT2D eigenvalue weighted by Crippen LogP contribution is -2.30. The molecule has 5 nitrogen and oxygen atoms in total. The maximum atomic E-state index is 11.5. The van der Waals surface area contributed by atoms with Gasteiger partial charge in [-0.3, -0.25) is 9.59 Å². The highest BCUT2D eigenvalue weighted by Gasteiger charge is 2.07. The van der Waals surface area contributed by atoms with Crippen LogP contribution in [-0.4, -0.2) is 29.1 Å². The lowest BCUT2D eigenvalue weighted by Gasteiger charge is -2.09. The van der Waals surface area contributed by atoms with E-state index in [0.29, 0.717) is 12.1 Å². The van der Waals surface area contributed by atoms with E-state index in [2.05, 4.69) is 10.3 Å². The first-order chi connectivity index (χ1) is 7.13. The Morgan fingerprint density at radius 1 is 1.67 bits per heavy atom. The van der Waals surface area contributed by atoms with Crippen LogP contribution in [0.25, 0.3) is 0 Å². The van der Waals surface area contributed by atoms with Gasteiger partial charge in [-0.2, -0.15) is 0 Å². The summed E-state index contributed by atoms with van der Waals surface area (Å²) in [7, 11) is 0. The van der Waals surface area contributed by atoms with E-state index in [4.69, 9.17) is 5.11 Å². The molecule has 5 heteroatoms. The monoisotopic (exact) mass is 210 g/mol. The second-order valence-electron chi connectivity index (χ2n) is 3.44. The predicted molar refractivity (Wildman–Crippen MR) is 55.6 cm³/mol. The molecule has 0 spiro atoms. The zero-order chi connectivity index (χ0) is 11.3. The Balaban J connectivity index is 2.58. The van der Waals surface area contributed by atoms with Crippen molar-refractivity contribution in [3.8, 4) is 0 Å². The average molecular weight is 210 g/mol. The van der Waals surface area contributed by atoms with Gasteiger partial charge in [0.15, 0.2) is 0 Å². The number of carbonyl (C=O) groups excluding carboxylic acids is 1. The minimum atomic E-state index is -0.308. The van der Waals surface area contributed by atoms with E-state index < -0.39 is 0 Å². The van der Waals surface area contributed by atoms with Gasteiger partial charge in [0.1, 0.15) is 0 Å². The van der Waals surface area contributed by atoms with Crippen molar-refractivity contribution in [1.82, 2.24) is 10.3 Å². The van der Waals surface area contributed by atoms with Gasteiger partial charge in [0.2, 0.25) is 5.56 Å². The van der Waals surface area contributed by atoms with Crippen LogP contribution in [0.1, 0.15) is 17.3 Å². The van der Waals surface area contributed by atoms with E-state index in [1.807, 2.05) is 6.92 Å². The van der Waals surface area contributed by atoms with Gasteiger partial charge < -0.3 is 15.4 Å². The number of aromatic nitrogens is 1. The fourth-order valence-corrected chi connectivity index (χ4v) is 1.02. The number of pyridine rings is 1.